The minimum atomic E-state index is -4.66. The lowest BCUT2D eigenvalue weighted by Gasteiger charge is -2.20. The van der Waals surface area contributed by atoms with Gasteiger partial charge in [0, 0.05) is 25.0 Å². The van der Waals surface area contributed by atoms with E-state index in [4.69, 9.17) is 27.9 Å². The summed E-state index contributed by atoms with van der Waals surface area (Å²) in [4.78, 5) is 19.2. The number of ether oxygens (including phenoxy) is 1. The van der Waals surface area contributed by atoms with Gasteiger partial charge in [0.1, 0.15) is 17.0 Å². The first-order valence-corrected chi connectivity index (χ1v) is 9.48. The van der Waals surface area contributed by atoms with Gasteiger partial charge in [-0.2, -0.15) is 18.2 Å². The summed E-state index contributed by atoms with van der Waals surface area (Å²) in [7, 11) is 0. The summed E-state index contributed by atoms with van der Waals surface area (Å²) in [5.41, 5.74) is -1.28. The maximum atomic E-state index is 13.3. The zero-order valence-electron chi connectivity index (χ0n) is 16.3. The number of nitrogens with one attached hydrogen (secondary N) is 3. The number of benzene rings is 1. The average molecular weight is 466 g/mol. The van der Waals surface area contributed by atoms with Crippen LogP contribution in [-0.4, -0.2) is 34.8 Å². The van der Waals surface area contributed by atoms with Crippen molar-refractivity contribution >= 4 is 46.7 Å². The van der Waals surface area contributed by atoms with Crippen molar-refractivity contribution in [2.75, 3.05) is 23.7 Å². The lowest BCUT2D eigenvalue weighted by Crippen LogP contribution is -2.35. The fraction of sp³-hybridized carbons (Fsp3) is 0.389. The highest BCUT2D eigenvalue weighted by Crippen LogP contribution is 2.34. The Hall–Kier alpha value is -2.46. The van der Waals surface area contributed by atoms with Crippen LogP contribution in [0.4, 0.5) is 35.4 Å². The number of hydrogen-bond acceptors (Lipinski definition) is 6. The van der Waals surface area contributed by atoms with Crippen molar-refractivity contribution in [3.05, 3.63) is 40.0 Å². The van der Waals surface area contributed by atoms with Crippen molar-refractivity contribution in [1.29, 1.82) is 0 Å². The lowest BCUT2D eigenvalue weighted by molar-refractivity contribution is -0.137. The normalized spacial score (nSPS) is 11.7. The maximum Gasteiger partial charge on any atom is 0.421 e. The minimum Gasteiger partial charge on any atom is -0.444 e. The molecule has 2 aromatic rings. The first-order valence-electron chi connectivity index (χ1n) is 8.72. The van der Waals surface area contributed by atoms with E-state index in [1.165, 1.54) is 12.1 Å². The first kappa shape index (κ1) is 23.8. The van der Waals surface area contributed by atoms with Gasteiger partial charge in [0.2, 0.25) is 5.95 Å². The topological polar surface area (TPSA) is 88.2 Å². The Morgan fingerprint density at radius 2 is 1.83 bits per heavy atom. The van der Waals surface area contributed by atoms with Gasteiger partial charge in [0.15, 0.2) is 0 Å². The fourth-order valence-electron chi connectivity index (χ4n) is 2.15. The van der Waals surface area contributed by atoms with Gasteiger partial charge in [-0.1, -0.05) is 23.2 Å². The van der Waals surface area contributed by atoms with Gasteiger partial charge >= 0.3 is 12.3 Å². The van der Waals surface area contributed by atoms with E-state index in [1.54, 1.807) is 26.8 Å². The highest BCUT2D eigenvalue weighted by atomic mass is 35.5. The summed E-state index contributed by atoms with van der Waals surface area (Å²) in [6.45, 7) is 5.09. The maximum absolute atomic E-state index is 13.3. The Morgan fingerprint density at radius 1 is 1.13 bits per heavy atom. The van der Waals surface area contributed by atoms with Crippen molar-refractivity contribution in [2.45, 2.75) is 32.5 Å². The van der Waals surface area contributed by atoms with E-state index >= 15 is 0 Å². The van der Waals surface area contributed by atoms with Gasteiger partial charge in [0.25, 0.3) is 0 Å². The van der Waals surface area contributed by atoms with Gasteiger partial charge in [0.05, 0.1) is 10.0 Å². The van der Waals surface area contributed by atoms with Crippen LogP contribution < -0.4 is 16.0 Å². The monoisotopic (exact) mass is 465 g/mol. The van der Waals surface area contributed by atoms with Gasteiger partial charge in [-0.15, -0.1) is 0 Å². The molecular weight excluding hydrogens is 446 g/mol. The van der Waals surface area contributed by atoms with Gasteiger partial charge < -0.3 is 20.7 Å². The standard InChI is InChI=1S/C18H20Cl2F3N5O2/c1-17(2,3)30-16(29)25-7-6-24-14-11(18(21,22)23)9-26-15(28-14)27-10-4-5-12(19)13(20)8-10/h4-5,8-9H,6-7H2,1-3H3,(H,25,29)(H2,24,26,27,28). The quantitative estimate of drug-likeness (QED) is 0.489. The molecule has 164 valence electrons. The Labute approximate surface area is 181 Å². The predicted molar refractivity (Wildman–Crippen MR) is 110 cm³/mol. The second-order valence-electron chi connectivity index (χ2n) is 7.06. The largest absolute Gasteiger partial charge is 0.444 e. The highest BCUT2D eigenvalue weighted by Gasteiger charge is 2.35. The number of alkyl carbamates (subject to hydrolysis) is 1. The summed E-state index contributed by atoms with van der Waals surface area (Å²) in [5.74, 6) is -0.518. The lowest BCUT2D eigenvalue weighted by atomic mass is 10.2. The smallest absolute Gasteiger partial charge is 0.421 e. The second kappa shape index (κ2) is 9.57. The van der Waals surface area contributed by atoms with Crippen LogP contribution in [0.25, 0.3) is 0 Å². The molecule has 0 spiro atoms. The average Bonchev–Trinajstić information content (AvgIpc) is 2.59. The molecule has 1 aromatic carbocycles. The number of hydrogen-bond donors (Lipinski definition) is 3. The first-order chi connectivity index (χ1) is 13.8. The van der Waals surface area contributed by atoms with Gasteiger partial charge in [-0.05, 0) is 39.0 Å². The van der Waals surface area contributed by atoms with Crippen molar-refractivity contribution in [3.8, 4) is 0 Å². The van der Waals surface area contributed by atoms with Crippen LogP contribution in [0.5, 0.6) is 0 Å². The number of aromatic nitrogens is 2. The number of alkyl halides is 3. The molecule has 7 nitrogen and oxygen atoms in total. The zero-order valence-corrected chi connectivity index (χ0v) is 17.8. The van der Waals surface area contributed by atoms with Crippen LogP contribution in [0.15, 0.2) is 24.4 Å². The molecule has 0 fully saturated rings. The van der Waals surface area contributed by atoms with Gasteiger partial charge in [-0.25, -0.2) is 9.78 Å². The molecule has 0 atom stereocenters. The van der Waals surface area contributed by atoms with Crippen molar-refractivity contribution in [3.63, 3.8) is 0 Å². The van der Waals surface area contributed by atoms with E-state index < -0.39 is 29.3 Å². The summed E-state index contributed by atoms with van der Waals surface area (Å²) in [6.07, 6.45) is -4.68. The molecule has 30 heavy (non-hydrogen) atoms. The van der Waals surface area contributed by atoms with Crippen LogP contribution in [0.1, 0.15) is 26.3 Å². The molecule has 0 bridgehead atoms. The summed E-state index contributed by atoms with van der Waals surface area (Å²) >= 11 is 11.8. The van der Waals surface area contributed by atoms with E-state index in [0.29, 0.717) is 16.9 Å². The second-order valence-corrected chi connectivity index (χ2v) is 7.88. The molecule has 0 radical (unpaired) electrons. The SMILES string of the molecule is CC(C)(C)OC(=O)NCCNc1nc(Nc2ccc(Cl)c(Cl)c2)ncc1C(F)(F)F. The van der Waals surface area contributed by atoms with Crippen LogP contribution in [-0.2, 0) is 10.9 Å². The molecule has 0 aliphatic heterocycles. The van der Waals surface area contributed by atoms with Crippen LogP contribution in [0, 0.1) is 0 Å². The molecule has 1 aromatic heterocycles. The van der Waals surface area contributed by atoms with Crippen LogP contribution >= 0.6 is 23.2 Å². The van der Waals surface area contributed by atoms with E-state index in [2.05, 4.69) is 25.9 Å². The molecule has 0 saturated carbocycles. The number of anilines is 3. The minimum absolute atomic E-state index is 0.0196. The van der Waals surface area contributed by atoms with E-state index in [-0.39, 0.29) is 24.1 Å². The fourth-order valence-corrected chi connectivity index (χ4v) is 2.44. The highest BCUT2D eigenvalue weighted by molar-refractivity contribution is 6.42. The molecular formula is C18H20Cl2F3N5O2. The third-order valence-corrected chi connectivity index (χ3v) is 4.09. The number of carbonyl (C=O) groups is 1. The molecule has 1 heterocycles. The van der Waals surface area contributed by atoms with Crippen molar-refractivity contribution < 1.29 is 22.7 Å². The van der Waals surface area contributed by atoms with E-state index in [1.807, 2.05) is 0 Å². The number of carbonyl (C=O) groups excluding carboxylic acids is 1. The Morgan fingerprint density at radius 3 is 2.43 bits per heavy atom. The molecule has 12 heteroatoms. The predicted octanol–water partition coefficient (Wildman–Crippen LogP) is 5.48. The van der Waals surface area contributed by atoms with E-state index in [0.717, 1.165) is 0 Å². The summed E-state index contributed by atoms with van der Waals surface area (Å²) < 4.78 is 44.9. The van der Waals surface area contributed by atoms with Gasteiger partial charge in [-0.3, -0.25) is 0 Å². The Kier molecular flexibility index (Phi) is 7.59. The Bertz CT molecular complexity index is 904. The van der Waals surface area contributed by atoms with Crippen molar-refractivity contribution in [1.82, 2.24) is 15.3 Å². The third kappa shape index (κ3) is 7.42. The number of nitrogens with zero attached hydrogens (tertiary/aromatic N) is 2. The molecule has 0 saturated heterocycles. The molecule has 0 aliphatic carbocycles. The van der Waals surface area contributed by atoms with Crippen molar-refractivity contribution in [2.24, 2.45) is 0 Å². The number of rotatable bonds is 6. The summed E-state index contributed by atoms with van der Waals surface area (Å²) in [5, 5.41) is 8.35. The van der Waals surface area contributed by atoms with Crippen LogP contribution in [0.2, 0.25) is 10.0 Å². The van der Waals surface area contributed by atoms with Crippen LogP contribution in [0.3, 0.4) is 0 Å². The number of halogens is 5. The number of amides is 1. The molecule has 0 unspecified atom stereocenters. The Balaban J connectivity index is 2.08. The van der Waals surface area contributed by atoms with E-state index in [9.17, 15) is 18.0 Å². The molecule has 0 aliphatic rings. The molecule has 3 N–H and O–H groups in total. The zero-order chi connectivity index (χ0) is 22.5. The summed E-state index contributed by atoms with van der Waals surface area (Å²) in [6, 6.07) is 4.59. The molecule has 1 amide bonds. The molecule has 2 rings (SSSR count). The third-order valence-electron chi connectivity index (χ3n) is 3.36.